The summed E-state index contributed by atoms with van der Waals surface area (Å²) in [6.45, 7) is 1.31. The average Bonchev–Trinajstić information content (AvgIpc) is 2.38. The van der Waals surface area contributed by atoms with Crippen LogP contribution in [-0.2, 0) is 0 Å². The first-order valence-electron chi connectivity index (χ1n) is 5.57. The molecule has 0 aliphatic heterocycles. The van der Waals surface area contributed by atoms with Gasteiger partial charge in [0.25, 0.3) is 0 Å². The lowest BCUT2D eigenvalue weighted by Crippen LogP contribution is -2.01. The van der Waals surface area contributed by atoms with E-state index in [0.29, 0.717) is 0 Å². The summed E-state index contributed by atoms with van der Waals surface area (Å²) >= 11 is 0. The highest BCUT2D eigenvalue weighted by atomic mass is 19.1. The Kier molecular flexibility index (Phi) is 3.69. The maximum atomic E-state index is 13.2. The Balaban J connectivity index is 2.47. The summed E-state index contributed by atoms with van der Waals surface area (Å²) in [5.41, 5.74) is -0.252. The van der Waals surface area contributed by atoms with Gasteiger partial charge in [-0.1, -0.05) is 0 Å². The van der Waals surface area contributed by atoms with Gasteiger partial charge in [0.15, 0.2) is 5.78 Å². The van der Waals surface area contributed by atoms with E-state index in [0.717, 1.165) is 18.2 Å². The maximum absolute atomic E-state index is 13.2. The Morgan fingerprint density at radius 3 is 2.80 bits per heavy atom. The van der Waals surface area contributed by atoms with Crippen molar-refractivity contribution < 1.29 is 18.8 Å². The number of nitro benzene ring substituents is 1. The number of rotatable bonds is 4. The minimum Gasteiger partial charge on any atom is -0.431 e. The van der Waals surface area contributed by atoms with Crippen molar-refractivity contribution in [2.45, 2.75) is 6.92 Å². The molecular formula is C13H9FN2O4. The summed E-state index contributed by atoms with van der Waals surface area (Å²) in [5.74, 6) is -1.41. The molecule has 1 aromatic carbocycles. The van der Waals surface area contributed by atoms with Crippen LogP contribution in [0.25, 0.3) is 0 Å². The van der Waals surface area contributed by atoms with Gasteiger partial charge in [0.05, 0.1) is 10.5 Å². The number of halogens is 1. The van der Waals surface area contributed by atoms with E-state index in [4.69, 9.17) is 4.74 Å². The molecule has 102 valence electrons. The maximum Gasteiger partial charge on any atom is 0.311 e. The van der Waals surface area contributed by atoms with Crippen molar-refractivity contribution in [2.75, 3.05) is 0 Å². The number of aromatic nitrogens is 1. The number of pyridine rings is 1. The molecule has 1 heterocycles. The molecule has 0 amide bonds. The minimum absolute atomic E-state index is 0.103. The largest absolute Gasteiger partial charge is 0.431 e. The van der Waals surface area contributed by atoms with Crippen molar-refractivity contribution in [2.24, 2.45) is 0 Å². The van der Waals surface area contributed by atoms with Gasteiger partial charge in [0.2, 0.25) is 11.6 Å². The minimum atomic E-state index is -0.703. The Morgan fingerprint density at radius 2 is 2.15 bits per heavy atom. The Bertz CT molecular complexity index is 688. The lowest BCUT2D eigenvalue weighted by atomic mass is 10.2. The number of hydrogen-bond acceptors (Lipinski definition) is 5. The summed E-state index contributed by atoms with van der Waals surface area (Å²) < 4.78 is 18.4. The highest BCUT2D eigenvalue weighted by molar-refractivity contribution is 5.96. The third-order valence-electron chi connectivity index (χ3n) is 2.48. The molecule has 0 fully saturated rings. The highest BCUT2D eigenvalue weighted by Crippen LogP contribution is 2.32. The van der Waals surface area contributed by atoms with Crippen LogP contribution >= 0.6 is 0 Å². The van der Waals surface area contributed by atoms with E-state index in [2.05, 4.69) is 4.98 Å². The SMILES string of the molecule is CC(=O)c1cccnc1Oc1cc(F)ccc1[N+](=O)[O-]. The average molecular weight is 276 g/mol. The van der Waals surface area contributed by atoms with Gasteiger partial charge in [-0.3, -0.25) is 14.9 Å². The zero-order chi connectivity index (χ0) is 14.7. The number of ether oxygens (including phenoxy) is 1. The van der Waals surface area contributed by atoms with Crippen molar-refractivity contribution in [3.63, 3.8) is 0 Å². The van der Waals surface area contributed by atoms with Crippen LogP contribution in [0.3, 0.4) is 0 Å². The molecule has 0 aliphatic carbocycles. The second-order valence-electron chi connectivity index (χ2n) is 3.88. The fraction of sp³-hybridized carbons (Fsp3) is 0.0769. The molecule has 0 saturated carbocycles. The predicted molar refractivity (Wildman–Crippen MR) is 67.4 cm³/mol. The van der Waals surface area contributed by atoms with E-state index >= 15 is 0 Å². The fourth-order valence-corrected chi connectivity index (χ4v) is 1.56. The number of carbonyl (C=O) groups is 1. The lowest BCUT2D eigenvalue weighted by Gasteiger charge is -2.08. The molecule has 0 unspecified atom stereocenters. The van der Waals surface area contributed by atoms with E-state index in [1.807, 2.05) is 0 Å². The van der Waals surface area contributed by atoms with E-state index in [9.17, 15) is 19.3 Å². The number of Topliss-reactive ketones (excluding diaryl/α,β-unsaturated/α-hetero) is 1. The first kappa shape index (κ1) is 13.6. The molecule has 2 aromatic rings. The quantitative estimate of drug-likeness (QED) is 0.486. The topological polar surface area (TPSA) is 82.3 Å². The Morgan fingerprint density at radius 1 is 1.40 bits per heavy atom. The molecule has 1 aromatic heterocycles. The van der Waals surface area contributed by atoms with Gasteiger partial charge in [-0.25, -0.2) is 9.37 Å². The van der Waals surface area contributed by atoms with E-state index in [1.54, 1.807) is 0 Å². The van der Waals surface area contributed by atoms with Gasteiger partial charge in [0, 0.05) is 18.3 Å². The third-order valence-corrected chi connectivity index (χ3v) is 2.48. The van der Waals surface area contributed by atoms with Crippen LogP contribution in [0, 0.1) is 15.9 Å². The lowest BCUT2D eigenvalue weighted by molar-refractivity contribution is -0.385. The summed E-state index contributed by atoms with van der Waals surface area (Å²) in [7, 11) is 0. The van der Waals surface area contributed by atoms with Crippen molar-refractivity contribution in [1.82, 2.24) is 4.98 Å². The van der Waals surface area contributed by atoms with Crippen LogP contribution in [-0.4, -0.2) is 15.7 Å². The van der Waals surface area contributed by atoms with Gasteiger partial charge in [-0.05, 0) is 25.1 Å². The molecule has 0 N–H and O–H groups in total. The van der Waals surface area contributed by atoms with Crippen LogP contribution in [0.5, 0.6) is 11.6 Å². The van der Waals surface area contributed by atoms with E-state index in [-0.39, 0.29) is 23.0 Å². The van der Waals surface area contributed by atoms with Crippen LogP contribution in [0.4, 0.5) is 10.1 Å². The fourth-order valence-electron chi connectivity index (χ4n) is 1.56. The molecular weight excluding hydrogens is 267 g/mol. The molecule has 0 radical (unpaired) electrons. The molecule has 7 heteroatoms. The second kappa shape index (κ2) is 5.43. The Labute approximate surface area is 113 Å². The molecule has 6 nitrogen and oxygen atoms in total. The van der Waals surface area contributed by atoms with Gasteiger partial charge < -0.3 is 4.74 Å². The normalized spacial score (nSPS) is 10.1. The number of nitrogens with zero attached hydrogens (tertiary/aromatic N) is 2. The summed E-state index contributed by atoms with van der Waals surface area (Å²) in [6, 6.07) is 5.81. The summed E-state index contributed by atoms with van der Waals surface area (Å²) in [6.07, 6.45) is 1.37. The molecule has 20 heavy (non-hydrogen) atoms. The van der Waals surface area contributed by atoms with Gasteiger partial charge >= 0.3 is 5.69 Å². The van der Waals surface area contributed by atoms with Crippen molar-refractivity contribution in [3.8, 4) is 11.6 Å². The van der Waals surface area contributed by atoms with E-state index < -0.39 is 16.4 Å². The van der Waals surface area contributed by atoms with E-state index in [1.165, 1.54) is 25.3 Å². The van der Waals surface area contributed by atoms with Crippen LogP contribution < -0.4 is 4.74 Å². The van der Waals surface area contributed by atoms with Crippen LogP contribution in [0.2, 0.25) is 0 Å². The van der Waals surface area contributed by atoms with Gasteiger partial charge in [-0.15, -0.1) is 0 Å². The smallest absolute Gasteiger partial charge is 0.311 e. The van der Waals surface area contributed by atoms with Crippen molar-refractivity contribution in [3.05, 3.63) is 58.0 Å². The molecule has 2 rings (SSSR count). The molecule has 0 atom stereocenters. The molecule has 0 aliphatic rings. The third kappa shape index (κ3) is 2.77. The predicted octanol–water partition coefficient (Wildman–Crippen LogP) is 3.12. The molecule has 0 bridgehead atoms. The molecule has 0 saturated heterocycles. The zero-order valence-electron chi connectivity index (χ0n) is 10.4. The van der Waals surface area contributed by atoms with Crippen LogP contribution in [0.15, 0.2) is 36.5 Å². The first-order chi connectivity index (χ1) is 9.49. The number of benzene rings is 1. The summed E-state index contributed by atoms with van der Waals surface area (Å²) in [5, 5.41) is 10.9. The first-order valence-corrected chi connectivity index (χ1v) is 5.57. The number of carbonyl (C=O) groups excluding carboxylic acids is 1. The van der Waals surface area contributed by atoms with Crippen LogP contribution in [0.1, 0.15) is 17.3 Å². The van der Waals surface area contributed by atoms with Crippen molar-refractivity contribution in [1.29, 1.82) is 0 Å². The monoisotopic (exact) mass is 276 g/mol. The standard InChI is InChI=1S/C13H9FN2O4/c1-8(17)10-3-2-6-15-13(10)20-12-7-9(14)4-5-11(12)16(18)19/h2-7H,1H3. The zero-order valence-corrected chi connectivity index (χ0v) is 10.4. The Hall–Kier alpha value is -2.83. The number of ketones is 1. The number of hydrogen-bond donors (Lipinski definition) is 0. The second-order valence-corrected chi connectivity index (χ2v) is 3.88. The number of nitro groups is 1. The molecule has 0 spiro atoms. The van der Waals surface area contributed by atoms with Crippen molar-refractivity contribution >= 4 is 11.5 Å². The van der Waals surface area contributed by atoms with Gasteiger partial charge in [0.1, 0.15) is 5.82 Å². The highest BCUT2D eigenvalue weighted by Gasteiger charge is 2.19. The van der Waals surface area contributed by atoms with Gasteiger partial charge in [-0.2, -0.15) is 0 Å². The summed E-state index contributed by atoms with van der Waals surface area (Å²) in [4.78, 5) is 25.4.